The third kappa shape index (κ3) is 3.80. The summed E-state index contributed by atoms with van der Waals surface area (Å²) in [5, 5.41) is 11.4. The summed E-state index contributed by atoms with van der Waals surface area (Å²) in [5.41, 5.74) is 1.56. The molecule has 0 N–H and O–H groups in total. The number of aromatic nitrogens is 3. The maximum Gasteiger partial charge on any atom is 0.162 e. The molecule has 1 aliphatic carbocycles. The maximum absolute atomic E-state index is 6.28. The van der Waals surface area contributed by atoms with E-state index in [1.807, 2.05) is 12.1 Å². The molecule has 0 bridgehead atoms. The Morgan fingerprint density at radius 2 is 1.78 bits per heavy atom. The molecule has 1 fully saturated rings. The average Bonchev–Trinajstić information content (AvgIpc) is 3.17. The van der Waals surface area contributed by atoms with Crippen molar-refractivity contribution in [1.29, 1.82) is 0 Å². The summed E-state index contributed by atoms with van der Waals surface area (Å²) in [6, 6.07) is 3.92. The molecular weight excluding hydrogens is 385 g/mol. The molecule has 0 spiro atoms. The highest BCUT2D eigenvalue weighted by atomic mass is 35.5. The van der Waals surface area contributed by atoms with Gasteiger partial charge in [0, 0.05) is 29.6 Å². The number of pyridine rings is 1. The van der Waals surface area contributed by atoms with Crippen LogP contribution in [0.3, 0.4) is 0 Å². The number of hydrogen-bond acceptors (Lipinski definition) is 5. The third-order valence-electron chi connectivity index (χ3n) is 4.91. The zero-order valence-electron chi connectivity index (χ0n) is 14.9. The Balaban J connectivity index is 1.76. The van der Waals surface area contributed by atoms with E-state index in [9.17, 15) is 0 Å². The van der Waals surface area contributed by atoms with Crippen LogP contribution in [-0.2, 0) is 6.42 Å². The summed E-state index contributed by atoms with van der Waals surface area (Å²) in [5.74, 6) is 1.44. The Morgan fingerprint density at radius 1 is 1.04 bits per heavy atom. The molecule has 2 aromatic heterocycles. The summed E-state index contributed by atoms with van der Waals surface area (Å²) < 4.78 is 11.8. The largest absolute Gasteiger partial charge is 0.493 e. The highest BCUT2D eigenvalue weighted by Crippen LogP contribution is 2.37. The normalized spacial score (nSPS) is 14.6. The van der Waals surface area contributed by atoms with Crippen LogP contribution in [0.1, 0.15) is 36.9 Å². The van der Waals surface area contributed by atoms with Gasteiger partial charge in [0.15, 0.2) is 11.5 Å². The van der Waals surface area contributed by atoms with Crippen LogP contribution in [0.2, 0.25) is 10.0 Å². The number of ether oxygens (including phenoxy) is 2. The number of fused-ring (bicyclic) bond motifs is 1. The van der Waals surface area contributed by atoms with Crippen molar-refractivity contribution < 1.29 is 9.47 Å². The number of nitrogens with zero attached hydrogens (tertiary/aromatic N) is 3. The fraction of sp³-hybridized carbons (Fsp3) is 0.350. The monoisotopic (exact) mass is 403 g/mol. The van der Waals surface area contributed by atoms with Gasteiger partial charge in [0.1, 0.15) is 0 Å². The van der Waals surface area contributed by atoms with Crippen LogP contribution in [0, 0.1) is 0 Å². The van der Waals surface area contributed by atoms with Gasteiger partial charge in [-0.3, -0.25) is 4.98 Å². The highest BCUT2D eigenvalue weighted by Gasteiger charge is 2.20. The number of halogens is 2. The van der Waals surface area contributed by atoms with E-state index in [1.54, 1.807) is 25.7 Å². The van der Waals surface area contributed by atoms with E-state index >= 15 is 0 Å². The standard InChI is InChI=1S/C20H19Cl2N3O2/c1-26-19-6-12-9-24-25-18(7-15-16(21)10-23-11-17(15)22)14(12)8-20(19)27-13-4-2-3-5-13/h6,8-11,13H,2-5,7H2,1H3. The van der Waals surface area contributed by atoms with Crippen molar-refractivity contribution in [3.8, 4) is 11.5 Å². The Kier molecular flexibility index (Phi) is 5.32. The molecule has 0 atom stereocenters. The summed E-state index contributed by atoms with van der Waals surface area (Å²) in [7, 11) is 1.65. The molecule has 5 nitrogen and oxygen atoms in total. The van der Waals surface area contributed by atoms with E-state index in [1.165, 1.54) is 12.8 Å². The molecule has 2 heterocycles. The third-order valence-corrected chi connectivity index (χ3v) is 5.57. The number of rotatable bonds is 5. The van der Waals surface area contributed by atoms with Crippen molar-refractivity contribution in [2.24, 2.45) is 0 Å². The zero-order chi connectivity index (χ0) is 18.8. The molecule has 4 rings (SSSR count). The van der Waals surface area contributed by atoms with Gasteiger partial charge < -0.3 is 9.47 Å². The molecule has 1 aliphatic rings. The summed E-state index contributed by atoms with van der Waals surface area (Å²) in [6.07, 6.45) is 10.1. The van der Waals surface area contributed by atoms with Gasteiger partial charge in [-0.1, -0.05) is 23.2 Å². The van der Waals surface area contributed by atoms with Gasteiger partial charge in [0.05, 0.1) is 35.1 Å². The fourth-order valence-electron chi connectivity index (χ4n) is 3.49. The van der Waals surface area contributed by atoms with Crippen LogP contribution in [-0.4, -0.2) is 28.4 Å². The lowest BCUT2D eigenvalue weighted by Crippen LogP contribution is -2.11. The Morgan fingerprint density at radius 3 is 2.48 bits per heavy atom. The van der Waals surface area contributed by atoms with E-state index in [-0.39, 0.29) is 6.10 Å². The molecule has 0 unspecified atom stereocenters. The number of hydrogen-bond donors (Lipinski definition) is 0. The smallest absolute Gasteiger partial charge is 0.162 e. The van der Waals surface area contributed by atoms with Crippen LogP contribution in [0.25, 0.3) is 10.8 Å². The van der Waals surface area contributed by atoms with Crippen molar-refractivity contribution in [3.63, 3.8) is 0 Å². The van der Waals surface area contributed by atoms with Gasteiger partial charge in [-0.05, 0) is 43.4 Å². The van der Waals surface area contributed by atoms with Crippen LogP contribution in [0.4, 0.5) is 0 Å². The second-order valence-corrected chi connectivity index (χ2v) is 7.48. The molecular formula is C20H19Cl2N3O2. The first kappa shape index (κ1) is 18.3. The second-order valence-electron chi connectivity index (χ2n) is 6.66. The van der Waals surface area contributed by atoms with Crippen LogP contribution < -0.4 is 9.47 Å². The Bertz CT molecular complexity index is 955. The van der Waals surface area contributed by atoms with E-state index in [2.05, 4.69) is 15.2 Å². The zero-order valence-corrected chi connectivity index (χ0v) is 16.4. The molecule has 1 aromatic carbocycles. The second kappa shape index (κ2) is 7.87. The first-order valence-corrected chi connectivity index (χ1v) is 9.68. The van der Waals surface area contributed by atoms with Crippen molar-refractivity contribution in [2.75, 3.05) is 7.11 Å². The van der Waals surface area contributed by atoms with Gasteiger partial charge in [-0.25, -0.2) is 0 Å². The van der Waals surface area contributed by atoms with Gasteiger partial charge >= 0.3 is 0 Å². The Labute approximate surface area is 167 Å². The van der Waals surface area contributed by atoms with Crippen molar-refractivity contribution >= 4 is 34.0 Å². The molecule has 0 radical (unpaired) electrons. The molecule has 140 valence electrons. The highest BCUT2D eigenvalue weighted by molar-refractivity contribution is 6.35. The quantitative estimate of drug-likeness (QED) is 0.581. The predicted octanol–water partition coefficient (Wildman–Crippen LogP) is 5.25. The maximum atomic E-state index is 6.28. The minimum atomic E-state index is 0.235. The Hall–Kier alpha value is -2.11. The first-order chi connectivity index (χ1) is 13.2. The number of benzene rings is 1. The summed E-state index contributed by atoms with van der Waals surface area (Å²) >= 11 is 12.6. The molecule has 0 aliphatic heterocycles. The van der Waals surface area contributed by atoms with Crippen molar-refractivity contribution in [2.45, 2.75) is 38.2 Å². The SMILES string of the molecule is COc1cc2cnnc(Cc3c(Cl)cncc3Cl)c2cc1OC1CCCC1. The average molecular weight is 404 g/mol. The molecule has 27 heavy (non-hydrogen) atoms. The van der Waals surface area contributed by atoms with E-state index in [4.69, 9.17) is 32.7 Å². The van der Waals surface area contributed by atoms with Crippen LogP contribution in [0.15, 0.2) is 30.7 Å². The molecule has 1 saturated carbocycles. The molecule has 0 saturated heterocycles. The van der Waals surface area contributed by atoms with E-state index < -0.39 is 0 Å². The summed E-state index contributed by atoms with van der Waals surface area (Å²) in [4.78, 5) is 4.01. The van der Waals surface area contributed by atoms with Gasteiger partial charge in [0.2, 0.25) is 0 Å². The molecule has 3 aromatic rings. The minimum absolute atomic E-state index is 0.235. The van der Waals surface area contributed by atoms with E-state index in [0.717, 1.165) is 40.6 Å². The van der Waals surface area contributed by atoms with Crippen LogP contribution in [0.5, 0.6) is 11.5 Å². The number of methoxy groups -OCH3 is 1. The lowest BCUT2D eigenvalue weighted by atomic mass is 10.0. The van der Waals surface area contributed by atoms with Crippen LogP contribution >= 0.6 is 23.2 Å². The van der Waals surface area contributed by atoms with Crippen molar-refractivity contribution in [1.82, 2.24) is 15.2 Å². The van der Waals surface area contributed by atoms with Gasteiger partial charge in [-0.15, -0.1) is 0 Å². The molecule has 0 amide bonds. The van der Waals surface area contributed by atoms with E-state index in [0.29, 0.717) is 22.2 Å². The minimum Gasteiger partial charge on any atom is -0.493 e. The fourth-order valence-corrected chi connectivity index (χ4v) is 3.99. The lowest BCUT2D eigenvalue weighted by Gasteiger charge is -2.17. The van der Waals surface area contributed by atoms with Gasteiger partial charge in [0.25, 0.3) is 0 Å². The first-order valence-electron chi connectivity index (χ1n) is 8.92. The topological polar surface area (TPSA) is 57.1 Å². The van der Waals surface area contributed by atoms with Crippen molar-refractivity contribution in [3.05, 3.63) is 52.0 Å². The predicted molar refractivity (Wildman–Crippen MR) is 106 cm³/mol. The summed E-state index contributed by atoms with van der Waals surface area (Å²) in [6.45, 7) is 0. The van der Waals surface area contributed by atoms with Gasteiger partial charge in [-0.2, -0.15) is 10.2 Å². The lowest BCUT2D eigenvalue weighted by molar-refractivity contribution is 0.201. The molecule has 7 heteroatoms.